The van der Waals surface area contributed by atoms with Crippen molar-refractivity contribution in [3.63, 3.8) is 0 Å². The molecule has 0 bridgehead atoms. The second kappa shape index (κ2) is 5.92. The molecule has 2 rings (SSSR count). The average molecular weight is 320 g/mol. The number of benzene rings is 1. The lowest BCUT2D eigenvalue weighted by Gasteiger charge is -2.25. The molecule has 1 aromatic carbocycles. The maximum Gasteiger partial charge on any atom is 0.270 e. The fourth-order valence-electron chi connectivity index (χ4n) is 2.33. The number of nitro benzene ring substituents is 1. The van der Waals surface area contributed by atoms with Crippen molar-refractivity contribution in [2.75, 3.05) is 16.8 Å². The van der Waals surface area contributed by atoms with Crippen LogP contribution in [0.25, 0.3) is 0 Å². The van der Waals surface area contributed by atoms with Gasteiger partial charge >= 0.3 is 0 Å². The van der Waals surface area contributed by atoms with Crippen LogP contribution in [0.15, 0.2) is 18.2 Å². The zero-order valence-electron chi connectivity index (χ0n) is 11.0. The molecule has 0 spiro atoms. The summed E-state index contributed by atoms with van der Waals surface area (Å²) in [5, 5.41) is 13.4. The van der Waals surface area contributed by atoms with Crippen LogP contribution in [0.3, 0.4) is 0 Å². The number of hydrogen-bond acceptors (Lipinski definition) is 5. The topological polar surface area (TPSA) is 89.3 Å². The van der Waals surface area contributed by atoms with Gasteiger partial charge in [0, 0.05) is 29.4 Å². The second-order valence-corrected chi connectivity index (χ2v) is 7.16. The fourth-order valence-corrected chi connectivity index (χ4v) is 3.97. The normalized spacial score (nSPS) is 21.2. The number of halogens is 2. The van der Waals surface area contributed by atoms with Crippen LogP contribution in [0.5, 0.6) is 0 Å². The van der Waals surface area contributed by atoms with E-state index in [9.17, 15) is 27.3 Å². The summed E-state index contributed by atoms with van der Waals surface area (Å²) in [6, 6.07) is 2.67. The van der Waals surface area contributed by atoms with Crippen molar-refractivity contribution < 1.29 is 22.1 Å². The lowest BCUT2D eigenvalue weighted by Crippen LogP contribution is -2.35. The Kier molecular flexibility index (Phi) is 4.40. The standard InChI is InChI=1S/C12H14F2N2O4S/c13-12(14)10-6-9(16(17)18)3-4-11(10)15-8-2-1-5-21(19,20)7-8/h3-4,6,8,12,15H,1-2,5,7H2. The van der Waals surface area contributed by atoms with E-state index >= 15 is 0 Å². The summed E-state index contributed by atoms with van der Waals surface area (Å²) in [4.78, 5) is 9.87. The van der Waals surface area contributed by atoms with Gasteiger partial charge in [-0.1, -0.05) is 0 Å². The van der Waals surface area contributed by atoms with Crippen molar-refractivity contribution in [3.05, 3.63) is 33.9 Å². The molecule has 21 heavy (non-hydrogen) atoms. The Labute approximate surface area is 120 Å². The van der Waals surface area contributed by atoms with Gasteiger partial charge in [-0.05, 0) is 18.9 Å². The van der Waals surface area contributed by atoms with Crippen LogP contribution in [0.1, 0.15) is 24.8 Å². The number of nitrogens with one attached hydrogen (secondary N) is 1. The number of sulfone groups is 1. The summed E-state index contributed by atoms with van der Waals surface area (Å²) in [6.07, 6.45) is -1.86. The highest BCUT2D eigenvalue weighted by molar-refractivity contribution is 7.91. The average Bonchev–Trinajstić information content (AvgIpc) is 2.37. The van der Waals surface area contributed by atoms with Crippen LogP contribution in [0.2, 0.25) is 0 Å². The summed E-state index contributed by atoms with van der Waals surface area (Å²) in [7, 11) is -3.16. The number of non-ortho nitro benzene ring substituents is 1. The van der Waals surface area contributed by atoms with E-state index in [0.717, 1.165) is 12.1 Å². The largest absolute Gasteiger partial charge is 0.381 e. The Hall–Kier alpha value is -1.77. The molecule has 0 saturated carbocycles. The third kappa shape index (κ3) is 3.87. The third-order valence-corrected chi connectivity index (χ3v) is 5.12. The molecule has 1 aliphatic heterocycles. The first-order valence-corrected chi connectivity index (χ1v) is 8.14. The van der Waals surface area contributed by atoms with Gasteiger partial charge in [-0.25, -0.2) is 17.2 Å². The van der Waals surface area contributed by atoms with E-state index in [0.29, 0.717) is 12.8 Å². The predicted octanol–water partition coefficient (Wildman–Crippen LogP) is 2.52. The van der Waals surface area contributed by atoms with Crippen molar-refractivity contribution in [2.24, 2.45) is 0 Å². The molecule has 1 aliphatic rings. The third-order valence-electron chi connectivity index (χ3n) is 3.30. The van der Waals surface area contributed by atoms with Gasteiger partial charge in [0.15, 0.2) is 9.84 Å². The van der Waals surface area contributed by atoms with Crippen LogP contribution in [0.4, 0.5) is 20.2 Å². The van der Waals surface area contributed by atoms with Gasteiger partial charge in [0.1, 0.15) is 0 Å². The van der Waals surface area contributed by atoms with Gasteiger partial charge in [-0.2, -0.15) is 0 Å². The molecule has 1 atom stereocenters. The number of anilines is 1. The van der Waals surface area contributed by atoms with Gasteiger partial charge in [0.05, 0.1) is 16.4 Å². The van der Waals surface area contributed by atoms with E-state index in [-0.39, 0.29) is 17.2 Å². The van der Waals surface area contributed by atoms with E-state index in [1.807, 2.05) is 0 Å². The molecule has 1 N–H and O–H groups in total. The molecule has 0 aromatic heterocycles. The second-order valence-electron chi connectivity index (χ2n) is 4.93. The van der Waals surface area contributed by atoms with Crippen LogP contribution in [-0.2, 0) is 9.84 Å². The molecular weight excluding hydrogens is 306 g/mol. The highest BCUT2D eigenvalue weighted by Gasteiger charge is 2.26. The Balaban J connectivity index is 2.25. The Bertz CT molecular complexity index is 649. The minimum Gasteiger partial charge on any atom is -0.381 e. The zero-order valence-corrected chi connectivity index (χ0v) is 11.8. The lowest BCUT2D eigenvalue weighted by atomic mass is 10.1. The van der Waals surface area contributed by atoms with E-state index in [4.69, 9.17) is 0 Å². The number of nitro groups is 1. The first kappa shape index (κ1) is 15.6. The molecule has 116 valence electrons. The Morgan fingerprint density at radius 3 is 2.67 bits per heavy atom. The molecule has 0 amide bonds. The van der Waals surface area contributed by atoms with Crippen molar-refractivity contribution in [3.8, 4) is 0 Å². The van der Waals surface area contributed by atoms with Crippen molar-refractivity contribution >= 4 is 21.2 Å². The maximum atomic E-state index is 13.0. The molecular formula is C12H14F2N2O4S. The quantitative estimate of drug-likeness (QED) is 0.680. The predicted molar refractivity (Wildman–Crippen MR) is 73.4 cm³/mol. The first-order chi connectivity index (χ1) is 9.78. The fraction of sp³-hybridized carbons (Fsp3) is 0.500. The summed E-state index contributed by atoms with van der Waals surface area (Å²) in [5.74, 6) is -0.0141. The van der Waals surface area contributed by atoms with Crippen LogP contribution >= 0.6 is 0 Å². The Morgan fingerprint density at radius 1 is 1.38 bits per heavy atom. The molecule has 1 heterocycles. The minimum absolute atomic E-state index is 0.0395. The summed E-state index contributed by atoms with van der Waals surface area (Å²) >= 11 is 0. The van der Waals surface area contributed by atoms with Gasteiger partial charge in [-0.15, -0.1) is 0 Å². The molecule has 1 fully saturated rings. The molecule has 9 heteroatoms. The molecule has 6 nitrogen and oxygen atoms in total. The van der Waals surface area contributed by atoms with Crippen LogP contribution in [-0.4, -0.2) is 30.9 Å². The Morgan fingerprint density at radius 2 is 2.10 bits per heavy atom. The molecule has 1 unspecified atom stereocenters. The summed E-state index contributed by atoms with van der Waals surface area (Å²) in [6.45, 7) is 0. The number of alkyl halides is 2. The van der Waals surface area contributed by atoms with Crippen molar-refractivity contribution in [1.82, 2.24) is 0 Å². The van der Waals surface area contributed by atoms with Gasteiger partial charge in [-0.3, -0.25) is 10.1 Å². The van der Waals surface area contributed by atoms with Gasteiger partial charge in [0.2, 0.25) is 0 Å². The van der Waals surface area contributed by atoms with Gasteiger partial charge in [0.25, 0.3) is 12.1 Å². The monoisotopic (exact) mass is 320 g/mol. The smallest absolute Gasteiger partial charge is 0.270 e. The van der Waals surface area contributed by atoms with Crippen molar-refractivity contribution in [1.29, 1.82) is 0 Å². The highest BCUT2D eigenvalue weighted by atomic mass is 32.2. The summed E-state index contributed by atoms with van der Waals surface area (Å²) in [5.41, 5.74) is -0.878. The van der Waals surface area contributed by atoms with E-state index in [1.165, 1.54) is 6.07 Å². The minimum atomic E-state index is -3.16. The molecule has 0 radical (unpaired) electrons. The molecule has 1 aromatic rings. The van der Waals surface area contributed by atoms with E-state index < -0.39 is 38.5 Å². The maximum absolute atomic E-state index is 13.0. The lowest BCUT2D eigenvalue weighted by molar-refractivity contribution is -0.385. The van der Waals surface area contributed by atoms with Crippen LogP contribution in [0, 0.1) is 10.1 Å². The first-order valence-electron chi connectivity index (χ1n) is 6.32. The summed E-state index contributed by atoms with van der Waals surface area (Å²) < 4.78 is 49.1. The van der Waals surface area contributed by atoms with E-state index in [1.54, 1.807) is 0 Å². The van der Waals surface area contributed by atoms with Crippen LogP contribution < -0.4 is 5.32 Å². The zero-order chi connectivity index (χ0) is 15.6. The number of nitrogens with zero attached hydrogens (tertiary/aromatic N) is 1. The number of hydrogen-bond donors (Lipinski definition) is 1. The van der Waals surface area contributed by atoms with Gasteiger partial charge < -0.3 is 5.32 Å². The van der Waals surface area contributed by atoms with E-state index in [2.05, 4.69) is 5.32 Å². The SMILES string of the molecule is O=[N+]([O-])c1ccc(NC2CCCS(=O)(=O)C2)c(C(F)F)c1. The number of rotatable bonds is 4. The molecule has 1 saturated heterocycles. The van der Waals surface area contributed by atoms with Crippen molar-refractivity contribution in [2.45, 2.75) is 25.3 Å². The highest BCUT2D eigenvalue weighted by Crippen LogP contribution is 2.32. The molecule has 0 aliphatic carbocycles.